The van der Waals surface area contributed by atoms with Crippen LogP contribution in [0, 0.1) is 11.6 Å². The molecule has 0 saturated carbocycles. The second kappa shape index (κ2) is 6.60. The van der Waals surface area contributed by atoms with Crippen molar-refractivity contribution in [3.8, 4) is 0 Å². The van der Waals surface area contributed by atoms with Gasteiger partial charge in [0.15, 0.2) is 0 Å². The van der Waals surface area contributed by atoms with Gasteiger partial charge >= 0.3 is 0 Å². The van der Waals surface area contributed by atoms with Crippen LogP contribution in [0.4, 0.5) is 8.78 Å². The van der Waals surface area contributed by atoms with Crippen LogP contribution in [0.5, 0.6) is 0 Å². The smallest absolute Gasteiger partial charge is 0.128 e. The van der Waals surface area contributed by atoms with Gasteiger partial charge in [-0.1, -0.05) is 0 Å². The number of piperazine rings is 1. The first-order valence-electron chi connectivity index (χ1n) is 8.19. The number of rotatable bonds is 3. The predicted molar refractivity (Wildman–Crippen MR) is 83.6 cm³/mol. The lowest BCUT2D eigenvalue weighted by molar-refractivity contribution is 0.0150. The van der Waals surface area contributed by atoms with E-state index in [2.05, 4.69) is 28.7 Å². The summed E-state index contributed by atoms with van der Waals surface area (Å²) in [6.07, 6.45) is 2.21. The highest BCUT2D eigenvalue weighted by Gasteiger charge is 2.34. The van der Waals surface area contributed by atoms with Gasteiger partial charge in [-0.15, -0.1) is 0 Å². The lowest BCUT2D eigenvalue weighted by atomic mass is 10.0. The molecule has 2 fully saturated rings. The van der Waals surface area contributed by atoms with Gasteiger partial charge in [0.2, 0.25) is 0 Å². The van der Waals surface area contributed by atoms with Crippen LogP contribution in [-0.2, 0) is 0 Å². The van der Waals surface area contributed by atoms with E-state index < -0.39 is 0 Å². The van der Waals surface area contributed by atoms with Crippen LogP contribution < -0.4 is 0 Å². The number of benzene rings is 1. The van der Waals surface area contributed by atoms with Gasteiger partial charge in [-0.2, -0.15) is 0 Å². The predicted octanol–water partition coefficient (Wildman–Crippen LogP) is 2.70. The van der Waals surface area contributed by atoms with Crippen molar-refractivity contribution in [3.63, 3.8) is 0 Å². The Morgan fingerprint density at radius 3 is 2.55 bits per heavy atom. The topological polar surface area (TPSA) is 9.72 Å². The third-order valence-corrected chi connectivity index (χ3v) is 5.16. The van der Waals surface area contributed by atoms with Crippen molar-refractivity contribution in [3.05, 3.63) is 35.4 Å². The average Bonchev–Trinajstić information content (AvgIpc) is 2.99. The molecule has 3 rings (SSSR count). The molecule has 0 radical (unpaired) electrons. The van der Waals surface area contributed by atoms with E-state index >= 15 is 0 Å². The Morgan fingerprint density at radius 2 is 1.82 bits per heavy atom. The molecule has 0 amide bonds. The third-order valence-electron chi connectivity index (χ3n) is 5.16. The van der Waals surface area contributed by atoms with E-state index in [1.165, 1.54) is 18.2 Å². The van der Waals surface area contributed by atoms with Crippen LogP contribution in [0.25, 0.3) is 0 Å². The molecule has 2 heterocycles. The lowest BCUT2D eigenvalue weighted by Gasteiger charge is -2.42. The standard InChI is InChI=1S/C17H25F2N3/c1-13(21-10-8-20(2)9-11-21)22-7-3-4-17(22)15-12-14(18)5-6-16(15)19/h5-6,12-13,17H,3-4,7-11H2,1-2H3/t13?,17-/m1/s1. The Morgan fingerprint density at radius 1 is 1.09 bits per heavy atom. The van der Waals surface area contributed by atoms with Gasteiger partial charge < -0.3 is 4.90 Å². The van der Waals surface area contributed by atoms with Crippen LogP contribution in [0.15, 0.2) is 18.2 Å². The van der Waals surface area contributed by atoms with Crippen LogP contribution in [0.1, 0.15) is 31.4 Å². The minimum absolute atomic E-state index is 0.00893. The van der Waals surface area contributed by atoms with Gasteiger partial charge in [-0.25, -0.2) is 8.78 Å². The largest absolute Gasteiger partial charge is 0.304 e. The molecule has 2 aliphatic rings. The quantitative estimate of drug-likeness (QED) is 0.850. The minimum atomic E-state index is -0.351. The third kappa shape index (κ3) is 3.16. The van der Waals surface area contributed by atoms with Gasteiger partial charge in [0.25, 0.3) is 0 Å². The van der Waals surface area contributed by atoms with Crippen LogP contribution in [-0.4, -0.2) is 60.6 Å². The molecule has 1 aromatic rings. The summed E-state index contributed by atoms with van der Waals surface area (Å²) in [5.74, 6) is -0.639. The maximum absolute atomic E-state index is 14.1. The average molecular weight is 309 g/mol. The van der Waals surface area contributed by atoms with Crippen molar-refractivity contribution in [2.75, 3.05) is 39.8 Å². The van der Waals surface area contributed by atoms with E-state index in [9.17, 15) is 8.78 Å². The van der Waals surface area contributed by atoms with Crippen molar-refractivity contribution in [2.45, 2.75) is 32.0 Å². The van der Waals surface area contributed by atoms with E-state index in [0.717, 1.165) is 45.6 Å². The molecular formula is C17H25F2N3. The molecule has 2 aliphatic heterocycles. The minimum Gasteiger partial charge on any atom is -0.304 e. The molecule has 5 heteroatoms. The maximum Gasteiger partial charge on any atom is 0.128 e. The van der Waals surface area contributed by atoms with Gasteiger partial charge in [0, 0.05) is 44.3 Å². The number of nitrogens with zero attached hydrogens (tertiary/aromatic N) is 3. The molecule has 1 unspecified atom stereocenters. The summed E-state index contributed by atoms with van der Waals surface area (Å²) in [5, 5.41) is 0. The summed E-state index contributed by atoms with van der Waals surface area (Å²) in [7, 11) is 2.14. The van der Waals surface area contributed by atoms with Crippen molar-refractivity contribution < 1.29 is 8.78 Å². The van der Waals surface area contributed by atoms with Gasteiger partial charge in [0.1, 0.15) is 11.6 Å². The summed E-state index contributed by atoms with van der Waals surface area (Å²) in [6, 6.07) is 3.81. The van der Waals surface area contributed by atoms with Gasteiger partial charge in [0.05, 0.1) is 6.17 Å². The first kappa shape index (κ1) is 15.8. The second-order valence-electron chi connectivity index (χ2n) is 6.53. The van der Waals surface area contributed by atoms with Crippen LogP contribution in [0.3, 0.4) is 0 Å². The Hall–Kier alpha value is -1.04. The van der Waals surface area contributed by atoms with Crippen molar-refractivity contribution >= 4 is 0 Å². The molecule has 22 heavy (non-hydrogen) atoms. The lowest BCUT2D eigenvalue weighted by Crippen LogP contribution is -2.53. The Labute approximate surface area is 131 Å². The number of hydrogen-bond acceptors (Lipinski definition) is 3. The second-order valence-corrected chi connectivity index (χ2v) is 6.53. The molecule has 0 aliphatic carbocycles. The van der Waals surface area contributed by atoms with E-state index in [1.807, 2.05) is 0 Å². The van der Waals surface area contributed by atoms with Gasteiger partial charge in [-0.05, 0) is 45.0 Å². The number of halogens is 2. The zero-order valence-electron chi connectivity index (χ0n) is 13.4. The number of likely N-dealkylation sites (N-methyl/N-ethyl adjacent to an activating group) is 1. The fraction of sp³-hybridized carbons (Fsp3) is 0.647. The highest BCUT2D eigenvalue weighted by molar-refractivity contribution is 5.23. The first-order valence-corrected chi connectivity index (χ1v) is 8.19. The molecule has 0 bridgehead atoms. The molecule has 0 spiro atoms. The van der Waals surface area contributed by atoms with E-state index in [0.29, 0.717) is 5.56 Å². The van der Waals surface area contributed by atoms with Crippen molar-refractivity contribution in [1.29, 1.82) is 0 Å². The summed E-state index contributed by atoms with van der Waals surface area (Å²) in [4.78, 5) is 7.12. The summed E-state index contributed by atoms with van der Waals surface area (Å²) in [5.41, 5.74) is 0.512. The Bertz CT molecular complexity index is 515. The highest BCUT2D eigenvalue weighted by atomic mass is 19.1. The monoisotopic (exact) mass is 309 g/mol. The molecule has 122 valence electrons. The summed E-state index contributed by atoms with van der Waals surface area (Å²) in [6.45, 7) is 7.35. The zero-order chi connectivity index (χ0) is 15.7. The van der Waals surface area contributed by atoms with Crippen LogP contribution in [0.2, 0.25) is 0 Å². The molecule has 1 aromatic carbocycles. The molecule has 0 aromatic heterocycles. The first-order chi connectivity index (χ1) is 10.6. The number of likely N-dealkylation sites (tertiary alicyclic amines) is 1. The molecule has 0 N–H and O–H groups in total. The molecule has 3 nitrogen and oxygen atoms in total. The van der Waals surface area contributed by atoms with Crippen molar-refractivity contribution in [2.24, 2.45) is 0 Å². The molecule has 2 atom stereocenters. The Balaban J connectivity index is 1.76. The van der Waals surface area contributed by atoms with Crippen molar-refractivity contribution in [1.82, 2.24) is 14.7 Å². The SMILES string of the molecule is CC(N1CCN(C)CC1)N1CCC[C@@H]1c1cc(F)ccc1F. The molecule has 2 saturated heterocycles. The summed E-state index contributed by atoms with van der Waals surface area (Å²) < 4.78 is 27.7. The van der Waals surface area contributed by atoms with Gasteiger partial charge in [-0.3, -0.25) is 9.80 Å². The fourth-order valence-corrected chi connectivity index (χ4v) is 3.75. The Kier molecular flexibility index (Phi) is 4.76. The summed E-state index contributed by atoms with van der Waals surface area (Å²) >= 11 is 0. The number of hydrogen-bond donors (Lipinski definition) is 0. The maximum atomic E-state index is 14.1. The molecular weight excluding hydrogens is 284 g/mol. The van der Waals surface area contributed by atoms with E-state index in [1.54, 1.807) is 0 Å². The normalized spacial score (nSPS) is 26.5. The fourth-order valence-electron chi connectivity index (χ4n) is 3.75. The van der Waals surface area contributed by atoms with E-state index in [4.69, 9.17) is 0 Å². The highest BCUT2D eigenvalue weighted by Crippen LogP contribution is 2.36. The van der Waals surface area contributed by atoms with Crippen LogP contribution >= 0.6 is 0 Å². The zero-order valence-corrected chi connectivity index (χ0v) is 13.4. The van der Waals surface area contributed by atoms with E-state index in [-0.39, 0.29) is 23.8 Å².